The molecule has 5 aliphatic heterocycles. The average molecular weight is 811 g/mol. The van der Waals surface area contributed by atoms with Crippen LogP contribution in [0.1, 0.15) is 75.3 Å². The molecule has 13 heteroatoms. The summed E-state index contributed by atoms with van der Waals surface area (Å²) in [6, 6.07) is 11.0. The number of piperidine rings is 1. The number of methoxy groups -OCH3 is 3. The molecule has 59 heavy (non-hydrogen) atoms. The summed E-state index contributed by atoms with van der Waals surface area (Å²) >= 11 is 0. The number of carbonyl (C=O) groups is 3. The standard InChI is InChI=1S/C46H58N4O9/c1-8-42(54)23-28-24-45(40(52)57-6,36-30(15-19-49(25-28)26-42)29-13-10-11-14-33(29)47-36)32-21-31-34(22-35(32)56-5)48(4)38-44(31)17-20-50-18-12-16-43(9-2,37(44)50)39(59-27(3)51)46(38,55)41(53)58-7/h10-14,16,21-22,28,37-39,47,54-55H,8-9,15,17-20,23-26H2,1-7H3/t28-,37+,38?,39-,42?,43-,44-,45+,46?/m1/s1. The number of fused-ring (bicyclic) bond motifs is 6. The molecule has 9 rings (SSSR count). The molecule has 6 heterocycles. The fourth-order valence-corrected chi connectivity index (χ4v) is 13.5. The van der Waals surface area contributed by atoms with E-state index in [1.54, 1.807) is 7.11 Å². The number of benzene rings is 2. The van der Waals surface area contributed by atoms with Crippen LogP contribution in [0, 0.1) is 11.3 Å². The van der Waals surface area contributed by atoms with Gasteiger partial charge in [0, 0.05) is 90.9 Å². The predicted molar refractivity (Wildman–Crippen MR) is 220 cm³/mol. The zero-order valence-corrected chi connectivity index (χ0v) is 35.3. The summed E-state index contributed by atoms with van der Waals surface area (Å²) in [6.07, 6.45) is 5.94. The summed E-state index contributed by atoms with van der Waals surface area (Å²) in [5.41, 5.74) is -1.62. The normalized spacial score (nSPS) is 37.0. The summed E-state index contributed by atoms with van der Waals surface area (Å²) in [7, 11) is 6.15. The van der Waals surface area contributed by atoms with Gasteiger partial charge in [-0.25, -0.2) is 4.79 Å². The molecule has 1 saturated carbocycles. The molecule has 1 aliphatic carbocycles. The number of para-hydroxylation sites is 1. The second-order valence-electron chi connectivity index (χ2n) is 18.2. The van der Waals surface area contributed by atoms with Crippen molar-refractivity contribution in [1.82, 2.24) is 14.8 Å². The van der Waals surface area contributed by atoms with Gasteiger partial charge in [-0.15, -0.1) is 0 Å². The Morgan fingerprint density at radius 2 is 1.71 bits per heavy atom. The summed E-state index contributed by atoms with van der Waals surface area (Å²) in [6.45, 7) is 8.62. The molecular formula is C46H58N4O9. The van der Waals surface area contributed by atoms with Crippen molar-refractivity contribution in [2.45, 2.75) is 99.5 Å². The first-order chi connectivity index (χ1) is 28.2. The molecule has 3 fully saturated rings. The molecule has 2 saturated heterocycles. The van der Waals surface area contributed by atoms with Crippen LogP contribution in [0.25, 0.3) is 10.9 Å². The van der Waals surface area contributed by atoms with Gasteiger partial charge in [-0.05, 0) is 74.2 Å². The first kappa shape index (κ1) is 40.0. The molecule has 1 aromatic heterocycles. The number of anilines is 1. The fourth-order valence-electron chi connectivity index (χ4n) is 13.5. The average Bonchev–Trinajstić information content (AvgIpc) is 3.90. The van der Waals surface area contributed by atoms with Crippen LogP contribution >= 0.6 is 0 Å². The maximum atomic E-state index is 15.3. The van der Waals surface area contributed by atoms with Gasteiger partial charge in [0.1, 0.15) is 11.2 Å². The van der Waals surface area contributed by atoms with E-state index < -0.39 is 57.5 Å². The van der Waals surface area contributed by atoms with Crippen molar-refractivity contribution < 1.29 is 43.5 Å². The summed E-state index contributed by atoms with van der Waals surface area (Å²) in [5, 5.41) is 26.3. The number of esters is 3. The van der Waals surface area contributed by atoms with Crippen molar-refractivity contribution in [2.75, 3.05) is 66.0 Å². The van der Waals surface area contributed by atoms with Gasteiger partial charge in [-0.3, -0.25) is 19.4 Å². The summed E-state index contributed by atoms with van der Waals surface area (Å²) < 4.78 is 23.9. The third-order valence-electron chi connectivity index (χ3n) is 15.6. The van der Waals surface area contributed by atoms with E-state index in [1.165, 1.54) is 21.1 Å². The summed E-state index contributed by atoms with van der Waals surface area (Å²) in [4.78, 5) is 53.2. The highest BCUT2D eigenvalue weighted by Crippen LogP contribution is 2.68. The number of rotatable bonds is 7. The quantitative estimate of drug-likeness (QED) is 0.180. The number of nitrogens with one attached hydrogen (secondary N) is 1. The molecule has 3 aromatic rings. The minimum absolute atomic E-state index is 0.0986. The van der Waals surface area contributed by atoms with Crippen LogP contribution in [0.5, 0.6) is 5.75 Å². The van der Waals surface area contributed by atoms with Gasteiger partial charge in [-0.2, -0.15) is 0 Å². The van der Waals surface area contributed by atoms with E-state index >= 15 is 4.79 Å². The number of aliphatic hydroxyl groups is 2. The molecular weight excluding hydrogens is 753 g/mol. The maximum Gasteiger partial charge on any atom is 0.344 e. The third-order valence-corrected chi connectivity index (χ3v) is 15.6. The number of nitrogens with zero attached hydrogens (tertiary/aromatic N) is 3. The molecule has 4 unspecified atom stereocenters. The maximum absolute atomic E-state index is 15.3. The Kier molecular flexibility index (Phi) is 9.36. The molecule has 10 atom stereocenters. The van der Waals surface area contributed by atoms with Gasteiger partial charge in [-0.1, -0.05) is 44.2 Å². The highest BCUT2D eigenvalue weighted by Gasteiger charge is 2.80. The zero-order chi connectivity index (χ0) is 41.9. The number of carbonyl (C=O) groups excluding carboxylic acids is 3. The highest BCUT2D eigenvalue weighted by atomic mass is 16.6. The van der Waals surface area contributed by atoms with Crippen molar-refractivity contribution in [3.8, 4) is 5.75 Å². The Labute approximate surface area is 345 Å². The van der Waals surface area contributed by atoms with E-state index in [0.29, 0.717) is 82.6 Å². The van der Waals surface area contributed by atoms with Crippen LogP contribution < -0.4 is 9.64 Å². The zero-order valence-electron chi connectivity index (χ0n) is 35.3. The SMILES string of the molecule is CCC1(O)C[C@H]2CN(CCc3c([nH]c4ccccc34)[C@@](C(=O)OC)(c3cc4c(cc3OC)N(C)C3C(O)(C(=O)OC)[C@H](OC(C)=O)[C@]5(CC)C=CCN6CC[C@]43[C@@H]65)C2)C1. The first-order valence-electron chi connectivity index (χ1n) is 21.2. The van der Waals surface area contributed by atoms with Crippen molar-refractivity contribution in [2.24, 2.45) is 11.3 Å². The Bertz CT molecular complexity index is 2260. The van der Waals surface area contributed by atoms with Gasteiger partial charge in [0.15, 0.2) is 6.10 Å². The Morgan fingerprint density at radius 3 is 2.41 bits per heavy atom. The molecule has 0 radical (unpaired) electrons. The van der Waals surface area contributed by atoms with Crippen LogP contribution in [-0.2, 0) is 45.8 Å². The number of aromatic nitrogens is 1. The van der Waals surface area contributed by atoms with Crippen molar-refractivity contribution >= 4 is 34.5 Å². The lowest BCUT2D eigenvalue weighted by molar-refractivity contribution is -0.228. The van der Waals surface area contributed by atoms with Crippen molar-refractivity contribution in [1.29, 1.82) is 0 Å². The van der Waals surface area contributed by atoms with E-state index in [-0.39, 0.29) is 12.0 Å². The number of H-pyrrole nitrogens is 1. The van der Waals surface area contributed by atoms with Crippen LogP contribution in [0.4, 0.5) is 5.69 Å². The molecule has 0 amide bonds. The van der Waals surface area contributed by atoms with Crippen LogP contribution in [0.2, 0.25) is 0 Å². The topological polar surface area (TPSA) is 154 Å². The second-order valence-corrected chi connectivity index (χ2v) is 18.2. The van der Waals surface area contributed by atoms with Gasteiger partial charge in [0.2, 0.25) is 5.60 Å². The lowest BCUT2D eigenvalue weighted by Crippen LogP contribution is -2.81. The predicted octanol–water partition coefficient (Wildman–Crippen LogP) is 3.99. The monoisotopic (exact) mass is 810 g/mol. The number of hydrogen-bond donors (Lipinski definition) is 3. The Balaban J connectivity index is 1.36. The first-order valence-corrected chi connectivity index (χ1v) is 21.2. The molecule has 6 aliphatic rings. The van der Waals surface area contributed by atoms with E-state index in [1.807, 2.05) is 50.1 Å². The molecule has 13 nitrogen and oxygen atoms in total. The van der Waals surface area contributed by atoms with Gasteiger partial charge in [0.05, 0.1) is 33.0 Å². The van der Waals surface area contributed by atoms with E-state index in [2.05, 4.69) is 39.1 Å². The molecule has 2 bridgehead atoms. The minimum Gasteiger partial charge on any atom is -0.496 e. The van der Waals surface area contributed by atoms with Crippen molar-refractivity contribution in [3.05, 3.63) is 70.9 Å². The number of ether oxygens (including phenoxy) is 4. The molecule has 1 spiro atoms. The Hall–Kier alpha value is -4.43. The van der Waals surface area contributed by atoms with Gasteiger partial charge >= 0.3 is 17.9 Å². The lowest BCUT2D eigenvalue weighted by atomic mass is 9.47. The summed E-state index contributed by atoms with van der Waals surface area (Å²) in [5.74, 6) is -1.56. The largest absolute Gasteiger partial charge is 0.496 e. The Morgan fingerprint density at radius 1 is 0.949 bits per heavy atom. The minimum atomic E-state index is -2.30. The van der Waals surface area contributed by atoms with E-state index in [4.69, 9.17) is 18.9 Å². The van der Waals surface area contributed by atoms with Crippen LogP contribution in [0.3, 0.4) is 0 Å². The number of likely N-dealkylation sites (N-methyl/N-ethyl adjacent to an activating group) is 1. The number of aromatic amines is 1. The fraction of sp³-hybridized carbons (Fsp3) is 0.587. The lowest BCUT2D eigenvalue weighted by Gasteiger charge is -2.63. The molecule has 3 N–H and O–H groups in total. The smallest absolute Gasteiger partial charge is 0.344 e. The van der Waals surface area contributed by atoms with Crippen LogP contribution in [-0.4, -0.2) is 133 Å². The second kappa shape index (κ2) is 13.8. The third kappa shape index (κ3) is 5.20. The van der Waals surface area contributed by atoms with E-state index in [9.17, 15) is 19.8 Å². The molecule has 2 aromatic carbocycles. The van der Waals surface area contributed by atoms with Crippen molar-refractivity contribution in [3.63, 3.8) is 0 Å². The molecule has 316 valence electrons. The van der Waals surface area contributed by atoms with Gasteiger partial charge in [0.25, 0.3) is 0 Å². The van der Waals surface area contributed by atoms with Gasteiger partial charge < -0.3 is 39.0 Å². The van der Waals surface area contributed by atoms with E-state index in [0.717, 1.165) is 33.4 Å². The number of hydrogen-bond acceptors (Lipinski definition) is 12. The highest BCUT2D eigenvalue weighted by molar-refractivity contribution is 5.95. The van der Waals surface area contributed by atoms with Crippen LogP contribution in [0.15, 0.2) is 48.6 Å².